The van der Waals surface area contributed by atoms with Crippen molar-refractivity contribution >= 4 is 5.69 Å². The highest BCUT2D eigenvalue weighted by atomic mass is 16.1. The minimum absolute atomic E-state index is 0.0486. The van der Waals surface area contributed by atoms with Gasteiger partial charge in [0, 0.05) is 25.7 Å². The predicted molar refractivity (Wildman–Crippen MR) is 74.8 cm³/mol. The van der Waals surface area contributed by atoms with Crippen molar-refractivity contribution in [3.63, 3.8) is 0 Å². The summed E-state index contributed by atoms with van der Waals surface area (Å²) in [4.78, 5) is 11.8. The quantitative estimate of drug-likeness (QED) is 0.655. The van der Waals surface area contributed by atoms with Gasteiger partial charge >= 0.3 is 0 Å². The lowest BCUT2D eigenvalue weighted by molar-refractivity contribution is 0.513. The topological polar surface area (TPSA) is 72.9 Å². The molecule has 0 atom stereocenters. The molecule has 0 fully saturated rings. The van der Waals surface area contributed by atoms with Gasteiger partial charge in [-0.15, -0.1) is 0 Å². The molecule has 5 nitrogen and oxygen atoms in total. The molecule has 0 aliphatic carbocycles. The van der Waals surface area contributed by atoms with E-state index < -0.39 is 0 Å². The molecule has 0 unspecified atom stereocenters. The molecule has 0 radical (unpaired) electrons. The Balaban J connectivity index is 2.40. The van der Waals surface area contributed by atoms with Crippen LogP contribution in [0.5, 0.6) is 0 Å². The molecule has 0 aromatic carbocycles. The number of nitrogens with one attached hydrogen (secondary N) is 1. The average Bonchev–Trinajstić information content (AvgIpc) is 2.38. The van der Waals surface area contributed by atoms with E-state index in [4.69, 9.17) is 5.73 Å². The maximum atomic E-state index is 11.8. The Morgan fingerprint density at radius 2 is 2.11 bits per heavy atom. The monoisotopic (exact) mass is 252 g/mol. The van der Waals surface area contributed by atoms with Crippen LogP contribution in [0.1, 0.15) is 39.0 Å². The van der Waals surface area contributed by atoms with Crippen LogP contribution >= 0.6 is 0 Å². The third kappa shape index (κ3) is 5.31. The van der Waals surface area contributed by atoms with Gasteiger partial charge in [0.2, 0.25) is 0 Å². The Morgan fingerprint density at radius 1 is 1.33 bits per heavy atom. The number of nitrogens with zero attached hydrogens (tertiary/aromatic N) is 2. The normalized spacial score (nSPS) is 10.6. The predicted octanol–water partition coefficient (Wildman–Crippen LogP) is 1.58. The average molecular weight is 252 g/mol. The summed E-state index contributed by atoms with van der Waals surface area (Å²) < 4.78 is 1.53. The third-order valence-corrected chi connectivity index (χ3v) is 2.82. The molecule has 1 heterocycles. The number of aryl methyl sites for hydroxylation is 1. The highest BCUT2D eigenvalue weighted by Gasteiger charge is 1.99. The summed E-state index contributed by atoms with van der Waals surface area (Å²) in [5.74, 6) is 0. The van der Waals surface area contributed by atoms with Gasteiger partial charge in [-0.3, -0.25) is 4.79 Å². The molecule has 18 heavy (non-hydrogen) atoms. The second kappa shape index (κ2) is 8.69. The van der Waals surface area contributed by atoms with Crippen LogP contribution in [-0.4, -0.2) is 22.9 Å². The molecular weight excluding hydrogens is 228 g/mol. The second-order valence-electron chi connectivity index (χ2n) is 4.44. The van der Waals surface area contributed by atoms with Gasteiger partial charge in [-0.25, -0.2) is 4.68 Å². The van der Waals surface area contributed by atoms with Crippen molar-refractivity contribution in [1.82, 2.24) is 9.78 Å². The van der Waals surface area contributed by atoms with E-state index in [-0.39, 0.29) is 5.56 Å². The van der Waals surface area contributed by atoms with Gasteiger partial charge in [-0.05, 0) is 6.42 Å². The summed E-state index contributed by atoms with van der Waals surface area (Å²) in [7, 11) is 0. The van der Waals surface area contributed by atoms with Crippen LogP contribution in [0.25, 0.3) is 0 Å². The maximum absolute atomic E-state index is 11.8. The second-order valence-corrected chi connectivity index (χ2v) is 4.44. The molecule has 0 aliphatic heterocycles. The first kappa shape index (κ1) is 14.7. The smallest absolute Gasteiger partial charge is 0.268 e. The van der Waals surface area contributed by atoms with Crippen molar-refractivity contribution in [1.29, 1.82) is 0 Å². The fourth-order valence-corrected chi connectivity index (χ4v) is 1.78. The molecule has 0 aliphatic rings. The fraction of sp³-hybridized carbons (Fsp3) is 0.692. The minimum atomic E-state index is -0.0486. The number of aromatic nitrogens is 2. The van der Waals surface area contributed by atoms with Crippen LogP contribution in [0.15, 0.2) is 17.1 Å². The van der Waals surface area contributed by atoms with E-state index in [0.717, 1.165) is 18.5 Å². The molecule has 0 amide bonds. The fourth-order valence-electron chi connectivity index (χ4n) is 1.78. The van der Waals surface area contributed by atoms with Crippen molar-refractivity contribution in [2.75, 3.05) is 18.4 Å². The molecule has 0 saturated heterocycles. The summed E-state index contributed by atoms with van der Waals surface area (Å²) in [5, 5.41) is 7.20. The number of hydrogen-bond donors (Lipinski definition) is 2. The highest BCUT2D eigenvalue weighted by molar-refractivity contribution is 5.38. The number of unbranched alkanes of at least 4 members (excludes halogenated alkanes) is 4. The van der Waals surface area contributed by atoms with Gasteiger partial charge in [-0.2, -0.15) is 5.10 Å². The largest absolute Gasteiger partial charge is 0.382 e. The van der Waals surface area contributed by atoms with E-state index in [0.29, 0.717) is 19.6 Å². The molecule has 0 bridgehead atoms. The van der Waals surface area contributed by atoms with Crippen molar-refractivity contribution in [2.24, 2.45) is 5.73 Å². The Kier molecular flexibility index (Phi) is 7.10. The van der Waals surface area contributed by atoms with Crippen LogP contribution in [-0.2, 0) is 6.54 Å². The van der Waals surface area contributed by atoms with Gasteiger partial charge < -0.3 is 11.1 Å². The van der Waals surface area contributed by atoms with Gasteiger partial charge in [0.1, 0.15) is 0 Å². The summed E-state index contributed by atoms with van der Waals surface area (Å²) in [6.45, 7) is 4.10. The Bertz CT molecular complexity index is 389. The lowest BCUT2D eigenvalue weighted by Gasteiger charge is -2.07. The van der Waals surface area contributed by atoms with Gasteiger partial charge in [0.05, 0.1) is 11.9 Å². The first-order chi connectivity index (χ1) is 8.77. The van der Waals surface area contributed by atoms with E-state index in [9.17, 15) is 4.79 Å². The lowest BCUT2D eigenvalue weighted by atomic mass is 10.1. The van der Waals surface area contributed by atoms with Crippen molar-refractivity contribution in [3.8, 4) is 0 Å². The Hall–Kier alpha value is -1.36. The molecule has 102 valence electrons. The number of nitrogens with two attached hydrogens (primary N) is 1. The van der Waals surface area contributed by atoms with E-state index >= 15 is 0 Å². The number of anilines is 1. The van der Waals surface area contributed by atoms with Crippen LogP contribution in [0.4, 0.5) is 5.69 Å². The van der Waals surface area contributed by atoms with Crippen LogP contribution in [0.3, 0.4) is 0 Å². The number of hydrogen-bond acceptors (Lipinski definition) is 4. The van der Waals surface area contributed by atoms with E-state index in [1.807, 2.05) is 0 Å². The molecule has 0 saturated carbocycles. The van der Waals surface area contributed by atoms with E-state index in [1.165, 1.54) is 23.9 Å². The summed E-state index contributed by atoms with van der Waals surface area (Å²) in [5.41, 5.74) is 6.08. The zero-order valence-electron chi connectivity index (χ0n) is 11.2. The van der Waals surface area contributed by atoms with Crippen LogP contribution in [0, 0.1) is 0 Å². The Labute approximate surface area is 108 Å². The summed E-state index contributed by atoms with van der Waals surface area (Å²) in [6.07, 6.45) is 7.60. The maximum Gasteiger partial charge on any atom is 0.268 e. The summed E-state index contributed by atoms with van der Waals surface area (Å²) in [6, 6.07) is 1.58. The molecule has 1 aromatic heterocycles. The molecule has 0 spiro atoms. The van der Waals surface area contributed by atoms with Crippen molar-refractivity contribution in [3.05, 3.63) is 22.6 Å². The lowest BCUT2D eigenvalue weighted by Crippen LogP contribution is -2.23. The molecule has 1 aromatic rings. The van der Waals surface area contributed by atoms with Gasteiger partial charge in [-0.1, -0.05) is 32.6 Å². The van der Waals surface area contributed by atoms with E-state index in [1.54, 1.807) is 12.3 Å². The molecule has 3 N–H and O–H groups in total. The number of rotatable bonds is 9. The minimum Gasteiger partial charge on any atom is -0.382 e. The third-order valence-electron chi connectivity index (χ3n) is 2.82. The first-order valence-electron chi connectivity index (χ1n) is 6.79. The molecular formula is C13H24N4O. The SMILES string of the molecule is CCCCCCCn1ncc(NCCN)cc1=O. The molecule has 1 rings (SSSR count). The van der Waals surface area contributed by atoms with Crippen molar-refractivity contribution in [2.45, 2.75) is 45.6 Å². The molecule has 5 heteroatoms. The first-order valence-corrected chi connectivity index (χ1v) is 6.79. The standard InChI is InChI=1S/C13H24N4O/c1-2-3-4-5-6-9-17-13(18)10-12(11-16-17)15-8-7-14/h10-11,15H,2-9,14H2,1H3. The van der Waals surface area contributed by atoms with Gasteiger partial charge in [0.15, 0.2) is 0 Å². The zero-order chi connectivity index (χ0) is 13.2. The van der Waals surface area contributed by atoms with Gasteiger partial charge in [0.25, 0.3) is 5.56 Å². The zero-order valence-corrected chi connectivity index (χ0v) is 11.2. The van der Waals surface area contributed by atoms with E-state index in [2.05, 4.69) is 17.3 Å². The van der Waals surface area contributed by atoms with Crippen LogP contribution in [0.2, 0.25) is 0 Å². The summed E-state index contributed by atoms with van der Waals surface area (Å²) >= 11 is 0. The highest BCUT2D eigenvalue weighted by Crippen LogP contribution is 2.03. The van der Waals surface area contributed by atoms with Crippen molar-refractivity contribution < 1.29 is 0 Å². The van der Waals surface area contributed by atoms with Crippen LogP contribution < -0.4 is 16.6 Å². The Morgan fingerprint density at radius 3 is 2.78 bits per heavy atom.